The molecule has 1 amide bonds. The topological polar surface area (TPSA) is 49.3 Å². The van der Waals surface area contributed by atoms with Crippen LogP contribution in [0.25, 0.3) is 0 Å². The molecule has 0 bridgehead atoms. The summed E-state index contributed by atoms with van der Waals surface area (Å²) in [6.07, 6.45) is 0.296. The highest BCUT2D eigenvalue weighted by molar-refractivity contribution is 6.04. The molecule has 0 saturated heterocycles. The summed E-state index contributed by atoms with van der Waals surface area (Å²) in [5.74, 6) is -0.628. The Morgan fingerprint density at radius 3 is 2.87 bits per heavy atom. The number of carbonyl (C=O) groups is 1. The molecule has 1 aromatic carbocycles. The number of carbonyl (C=O) groups excluding carboxylic acids is 1. The summed E-state index contributed by atoms with van der Waals surface area (Å²) in [4.78, 5) is 11.5. The zero-order chi connectivity index (χ0) is 10.9. The SMILES string of the molecule is O=C1Nc2ccccc2[C@@]1(F)CCCO. The molecule has 0 unspecified atom stereocenters. The number of benzene rings is 1. The zero-order valence-corrected chi connectivity index (χ0v) is 8.16. The van der Waals surface area contributed by atoms with Gasteiger partial charge in [-0.05, 0) is 18.9 Å². The third-order valence-electron chi connectivity index (χ3n) is 2.64. The summed E-state index contributed by atoms with van der Waals surface area (Å²) in [7, 11) is 0. The van der Waals surface area contributed by atoms with Crippen molar-refractivity contribution >= 4 is 11.6 Å². The van der Waals surface area contributed by atoms with Crippen LogP contribution in [0.5, 0.6) is 0 Å². The van der Waals surface area contributed by atoms with Crippen molar-refractivity contribution in [1.29, 1.82) is 0 Å². The van der Waals surface area contributed by atoms with Gasteiger partial charge in [0.15, 0.2) is 0 Å². The molecule has 1 aliphatic heterocycles. The Labute approximate surface area is 86.9 Å². The van der Waals surface area contributed by atoms with E-state index in [0.717, 1.165) is 0 Å². The molecular weight excluding hydrogens is 197 g/mol. The first-order valence-corrected chi connectivity index (χ1v) is 4.89. The minimum absolute atomic E-state index is 0.0202. The second kappa shape index (κ2) is 3.62. The number of amides is 1. The fourth-order valence-electron chi connectivity index (χ4n) is 1.85. The van der Waals surface area contributed by atoms with Gasteiger partial charge in [0.05, 0.1) is 0 Å². The molecule has 2 N–H and O–H groups in total. The van der Waals surface area contributed by atoms with Crippen molar-refractivity contribution in [3.05, 3.63) is 29.8 Å². The van der Waals surface area contributed by atoms with Gasteiger partial charge in [0.1, 0.15) is 0 Å². The first-order chi connectivity index (χ1) is 7.18. The van der Waals surface area contributed by atoms with E-state index in [0.29, 0.717) is 11.3 Å². The van der Waals surface area contributed by atoms with Crippen LogP contribution in [0.15, 0.2) is 24.3 Å². The number of aliphatic hydroxyl groups is 1. The number of hydrogen-bond acceptors (Lipinski definition) is 2. The Hall–Kier alpha value is -1.42. The van der Waals surface area contributed by atoms with Gasteiger partial charge in [-0.2, -0.15) is 0 Å². The molecule has 0 radical (unpaired) electrons. The normalized spacial score (nSPS) is 23.7. The van der Waals surface area contributed by atoms with E-state index >= 15 is 0 Å². The van der Waals surface area contributed by atoms with Crippen LogP contribution in [0.4, 0.5) is 10.1 Å². The molecule has 1 atom stereocenters. The molecule has 1 aromatic rings. The highest BCUT2D eigenvalue weighted by atomic mass is 19.1. The Morgan fingerprint density at radius 2 is 2.13 bits per heavy atom. The highest BCUT2D eigenvalue weighted by Crippen LogP contribution is 2.41. The third-order valence-corrected chi connectivity index (χ3v) is 2.64. The quantitative estimate of drug-likeness (QED) is 0.794. The van der Waals surface area contributed by atoms with E-state index in [9.17, 15) is 9.18 Å². The molecule has 1 heterocycles. The molecule has 1 aliphatic rings. The van der Waals surface area contributed by atoms with Crippen LogP contribution in [0.3, 0.4) is 0 Å². The molecule has 80 valence electrons. The Kier molecular flexibility index (Phi) is 2.44. The summed E-state index contributed by atoms with van der Waals surface area (Å²) in [6, 6.07) is 6.72. The van der Waals surface area contributed by atoms with Crippen molar-refractivity contribution in [3.63, 3.8) is 0 Å². The van der Waals surface area contributed by atoms with Gasteiger partial charge in [-0.3, -0.25) is 4.79 Å². The number of hydrogen-bond donors (Lipinski definition) is 2. The maximum atomic E-state index is 14.4. The molecule has 15 heavy (non-hydrogen) atoms. The largest absolute Gasteiger partial charge is 0.396 e. The summed E-state index contributed by atoms with van der Waals surface area (Å²) < 4.78 is 14.4. The molecule has 0 saturated carbocycles. The fraction of sp³-hybridized carbons (Fsp3) is 0.364. The van der Waals surface area contributed by atoms with Crippen molar-refractivity contribution in [1.82, 2.24) is 0 Å². The lowest BCUT2D eigenvalue weighted by Crippen LogP contribution is -2.29. The molecular formula is C11H12FNO2. The van der Waals surface area contributed by atoms with Crippen molar-refractivity contribution in [2.75, 3.05) is 11.9 Å². The van der Waals surface area contributed by atoms with Crippen LogP contribution < -0.4 is 5.32 Å². The molecule has 3 nitrogen and oxygen atoms in total. The van der Waals surface area contributed by atoms with Gasteiger partial charge in [0.25, 0.3) is 5.91 Å². The van der Waals surface area contributed by atoms with Crippen LogP contribution >= 0.6 is 0 Å². The molecule has 0 aliphatic carbocycles. The van der Waals surface area contributed by atoms with Crippen LogP contribution in [0.1, 0.15) is 18.4 Å². The summed E-state index contributed by atoms with van der Waals surface area (Å²) >= 11 is 0. The van der Waals surface area contributed by atoms with Crippen LogP contribution in [0, 0.1) is 0 Å². The van der Waals surface area contributed by atoms with E-state index in [-0.39, 0.29) is 19.4 Å². The van der Waals surface area contributed by atoms with Gasteiger partial charge in [-0.25, -0.2) is 4.39 Å². The van der Waals surface area contributed by atoms with E-state index in [1.807, 2.05) is 0 Å². The average molecular weight is 209 g/mol. The van der Waals surface area contributed by atoms with Gasteiger partial charge in [0, 0.05) is 17.9 Å². The maximum absolute atomic E-state index is 14.4. The van der Waals surface area contributed by atoms with E-state index in [1.165, 1.54) is 0 Å². The van der Waals surface area contributed by atoms with E-state index < -0.39 is 11.6 Å². The Morgan fingerprint density at radius 1 is 1.40 bits per heavy atom. The van der Waals surface area contributed by atoms with Crippen LogP contribution in [0.2, 0.25) is 0 Å². The second-order valence-corrected chi connectivity index (χ2v) is 3.63. The lowest BCUT2D eigenvalue weighted by Gasteiger charge is -2.16. The van der Waals surface area contributed by atoms with Crippen LogP contribution in [-0.4, -0.2) is 17.6 Å². The summed E-state index contributed by atoms with van der Waals surface area (Å²) in [5.41, 5.74) is -1.06. The first-order valence-electron chi connectivity index (χ1n) is 4.89. The first kappa shape index (κ1) is 10.1. The van der Waals surface area contributed by atoms with Gasteiger partial charge >= 0.3 is 0 Å². The standard InChI is InChI=1S/C11H12FNO2/c12-11(6-3-7-14)8-4-1-2-5-9(8)13-10(11)15/h1-2,4-5,14H,3,6-7H2,(H,13,15)/t11-/m0/s1. The van der Waals surface area contributed by atoms with Gasteiger partial charge in [0.2, 0.25) is 5.67 Å². The molecule has 0 spiro atoms. The van der Waals surface area contributed by atoms with E-state index in [2.05, 4.69) is 5.32 Å². The minimum atomic E-state index is -1.97. The van der Waals surface area contributed by atoms with Crippen LogP contribution in [-0.2, 0) is 10.5 Å². The van der Waals surface area contributed by atoms with Crippen molar-refractivity contribution < 1.29 is 14.3 Å². The lowest BCUT2D eigenvalue weighted by molar-refractivity contribution is -0.127. The summed E-state index contributed by atoms with van der Waals surface area (Å²) in [6.45, 7) is -0.110. The predicted octanol–water partition coefficient (Wildman–Crippen LogP) is 1.58. The number of alkyl halides is 1. The van der Waals surface area contributed by atoms with E-state index in [4.69, 9.17) is 5.11 Å². The number of rotatable bonds is 3. The molecule has 0 fully saturated rings. The van der Waals surface area contributed by atoms with Crippen molar-refractivity contribution in [3.8, 4) is 0 Å². The zero-order valence-electron chi connectivity index (χ0n) is 8.16. The Bertz CT molecular complexity index is 394. The maximum Gasteiger partial charge on any atom is 0.266 e. The fourth-order valence-corrected chi connectivity index (χ4v) is 1.85. The minimum Gasteiger partial charge on any atom is -0.396 e. The van der Waals surface area contributed by atoms with Crippen molar-refractivity contribution in [2.45, 2.75) is 18.5 Å². The van der Waals surface area contributed by atoms with Crippen molar-refractivity contribution in [2.24, 2.45) is 0 Å². The number of fused-ring (bicyclic) bond motifs is 1. The number of nitrogens with one attached hydrogen (secondary N) is 1. The van der Waals surface area contributed by atoms with Gasteiger partial charge < -0.3 is 10.4 Å². The highest BCUT2D eigenvalue weighted by Gasteiger charge is 2.46. The second-order valence-electron chi connectivity index (χ2n) is 3.63. The number of anilines is 1. The number of halogens is 1. The average Bonchev–Trinajstić information content (AvgIpc) is 2.50. The monoisotopic (exact) mass is 209 g/mol. The molecule has 4 heteroatoms. The van der Waals surface area contributed by atoms with Gasteiger partial charge in [-0.1, -0.05) is 18.2 Å². The van der Waals surface area contributed by atoms with E-state index in [1.54, 1.807) is 24.3 Å². The number of aliphatic hydroxyl groups excluding tert-OH is 1. The molecule has 2 rings (SSSR count). The predicted molar refractivity (Wildman–Crippen MR) is 54.2 cm³/mol. The smallest absolute Gasteiger partial charge is 0.266 e. The molecule has 0 aromatic heterocycles. The summed E-state index contributed by atoms with van der Waals surface area (Å²) in [5, 5.41) is 11.2. The Balaban J connectivity index is 2.36. The lowest BCUT2D eigenvalue weighted by atomic mass is 9.92. The third kappa shape index (κ3) is 1.51. The number of para-hydroxylation sites is 1. The van der Waals surface area contributed by atoms with Gasteiger partial charge in [-0.15, -0.1) is 0 Å².